The van der Waals surface area contributed by atoms with Crippen LogP contribution >= 0.6 is 0 Å². The molecule has 1 aromatic heterocycles. The molecular weight excluding hydrogens is 536 g/mol. The maximum absolute atomic E-state index is 13.4. The smallest absolute Gasteiger partial charge is 0.488 e. The van der Waals surface area contributed by atoms with Crippen LogP contribution in [0.5, 0.6) is 5.75 Å². The Bertz CT molecular complexity index is 1210. The fourth-order valence-corrected chi connectivity index (χ4v) is 4.47. The van der Waals surface area contributed by atoms with Gasteiger partial charge < -0.3 is 34.4 Å². The topological polar surface area (TPSA) is 157 Å². The van der Waals surface area contributed by atoms with Crippen molar-refractivity contribution >= 4 is 23.9 Å². The highest BCUT2D eigenvalue weighted by atomic mass is 16.8. The third kappa shape index (κ3) is 8.63. The SMILES string of the molecule is CCOC(=O)ON1CCN(C(=O)C(CCC(=O)O)NC(=O)c2cc(O[C@H]3CCOC3)cc(-c3ccccc3)n2)CC1. The number of pyridine rings is 1. The molecule has 220 valence electrons. The molecule has 2 aliphatic heterocycles. The van der Waals surface area contributed by atoms with Crippen molar-refractivity contribution < 1.29 is 43.3 Å². The van der Waals surface area contributed by atoms with Crippen molar-refractivity contribution in [1.82, 2.24) is 20.3 Å². The zero-order chi connectivity index (χ0) is 29.2. The van der Waals surface area contributed by atoms with Crippen LogP contribution in [0.25, 0.3) is 11.3 Å². The zero-order valence-corrected chi connectivity index (χ0v) is 22.8. The quantitative estimate of drug-likeness (QED) is 0.381. The molecule has 1 aromatic carbocycles. The van der Waals surface area contributed by atoms with Crippen molar-refractivity contribution in [1.29, 1.82) is 0 Å². The number of amides is 2. The molecule has 2 aliphatic rings. The number of carboxylic acid groups (broad SMARTS) is 1. The molecule has 2 atom stereocenters. The summed E-state index contributed by atoms with van der Waals surface area (Å²) < 4.78 is 16.2. The maximum atomic E-state index is 13.4. The molecule has 13 heteroatoms. The van der Waals surface area contributed by atoms with E-state index in [-0.39, 0.29) is 57.4 Å². The number of carbonyl (C=O) groups is 4. The minimum absolute atomic E-state index is 0.0287. The number of rotatable bonds is 11. The van der Waals surface area contributed by atoms with Crippen LogP contribution in [0, 0.1) is 0 Å². The molecule has 0 radical (unpaired) electrons. The minimum Gasteiger partial charge on any atom is -0.488 e. The van der Waals surface area contributed by atoms with Crippen LogP contribution < -0.4 is 10.1 Å². The standard InChI is InChI=1S/C28H34N4O9/c1-2-39-28(37)41-32-13-11-31(12-14-32)27(36)22(8-9-25(33)34)30-26(35)24-17-21(40-20-10-15-38-18-20)16-23(29-24)19-6-4-3-5-7-19/h3-7,16-17,20,22H,2,8-15,18H2,1H3,(H,30,35)(H,33,34)/t20-,22?/m0/s1. The molecule has 0 aliphatic carbocycles. The summed E-state index contributed by atoms with van der Waals surface area (Å²) in [6, 6.07) is 11.4. The van der Waals surface area contributed by atoms with Gasteiger partial charge >= 0.3 is 12.1 Å². The van der Waals surface area contributed by atoms with Crippen LogP contribution in [-0.2, 0) is 23.9 Å². The predicted octanol–water partition coefficient (Wildman–Crippen LogP) is 2.11. The van der Waals surface area contributed by atoms with E-state index in [1.165, 1.54) is 16.0 Å². The number of carbonyl (C=O) groups excluding carboxylic acids is 3. The van der Waals surface area contributed by atoms with Crippen molar-refractivity contribution in [2.75, 3.05) is 46.0 Å². The summed E-state index contributed by atoms with van der Waals surface area (Å²) in [5.74, 6) is -1.73. The Kier molecular flexibility index (Phi) is 10.5. The molecule has 1 unspecified atom stereocenters. The minimum atomic E-state index is -1.11. The van der Waals surface area contributed by atoms with Gasteiger partial charge in [-0.25, -0.2) is 9.78 Å². The summed E-state index contributed by atoms with van der Waals surface area (Å²) in [5, 5.41) is 13.3. The van der Waals surface area contributed by atoms with E-state index in [0.29, 0.717) is 31.1 Å². The Balaban J connectivity index is 1.49. The van der Waals surface area contributed by atoms with E-state index in [0.717, 1.165) is 5.56 Å². The van der Waals surface area contributed by atoms with E-state index in [9.17, 15) is 24.3 Å². The molecule has 13 nitrogen and oxygen atoms in total. The first-order valence-electron chi connectivity index (χ1n) is 13.6. The first-order chi connectivity index (χ1) is 19.8. The van der Waals surface area contributed by atoms with Gasteiger partial charge in [-0.2, -0.15) is 0 Å². The predicted molar refractivity (Wildman–Crippen MR) is 144 cm³/mol. The lowest BCUT2D eigenvalue weighted by atomic mass is 10.1. The molecule has 4 rings (SSSR count). The third-order valence-corrected chi connectivity index (χ3v) is 6.56. The van der Waals surface area contributed by atoms with Crippen LogP contribution in [0.4, 0.5) is 4.79 Å². The molecule has 2 aromatic rings. The summed E-state index contributed by atoms with van der Waals surface area (Å²) in [6.07, 6.45) is -0.702. The van der Waals surface area contributed by atoms with Gasteiger partial charge in [0.2, 0.25) is 5.91 Å². The van der Waals surface area contributed by atoms with E-state index < -0.39 is 30.0 Å². The molecule has 3 heterocycles. The molecule has 2 fully saturated rings. The Hall–Kier alpha value is -4.23. The second-order valence-electron chi connectivity index (χ2n) is 9.53. The van der Waals surface area contributed by atoms with Crippen molar-refractivity contribution in [3.63, 3.8) is 0 Å². The summed E-state index contributed by atoms with van der Waals surface area (Å²) in [4.78, 5) is 60.9. The normalized spacial score (nSPS) is 17.9. The van der Waals surface area contributed by atoms with Gasteiger partial charge in [0.1, 0.15) is 23.6 Å². The lowest BCUT2D eigenvalue weighted by molar-refractivity contribution is -0.157. The van der Waals surface area contributed by atoms with Gasteiger partial charge in [0, 0.05) is 43.6 Å². The van der Waals surface area contributed by atoms with Gasteiger partial charge in [0.25, 0.3) is 5.91 Å². The number of carboxylic acids is 1. The number of aliphatic carboxylic acids is 1. The Labute approximate surface area is 237 Å². The van der Waals surface area contributed by atoms with Crippen molar-refractivity contribution in [3.8, 4) is 17.0 Å². The van der Waals surface area contributed by atoms with Gasteiger partial charge in [-0.1, -0.05) is 30.3 Å². The number of nitrogens with zero attached hydrogens (tertiary/aromatic N) is 3. The first-order valence-corrected chi connectivity index (χ1v) is 13.6. The highest BCUT2D eigenvalue weighted by molar-refractivity contribution is 5.97. The van der Waals surface area contributed by atoms with Crippen molar-refractivity contribution in [2.24, 2.45) is 0 Å². The van der Waals surface area contributed by atoms with Gasteiger partial charge in [-0.15, -0.1) is 5.06 Å². The number of piperazine rings is 1. The molecule has 0 saturated carbocycles. The second-order valence-corrected chi connectivity index (χ2v) is 9.53. The molecule has 2 amide bonds. The largest absolute Gasteiger partial charge is 0.527 e. The van der Waals surface area contributed by atoms with E-state index in [4.69, 9.17) is 19.0 Å². The van der Waals surface area contributed by atoms with E-state index in [1.807, 2.05) is 30.3 Å². The lowest BCUT2D eigenvalue weighted by Crippen LogP contribution is -2.55. The Morgan fingerprint density at radius 3 is 2.54 bits per heavy atom. The molecule has 41 heavy (non-hydrogen) atoms. The van der Waals surface area contributed by atoms with Gasteiger partial charge in [-0.05, 0) is 13.3 Å². The Morgan fingerprint density at radius 2 is 1.88 bits per heavy atom. The van der Waals surface area contributed by atoms with Crippen LogP contribution in [-0.4, -0.2) is 102 Å². The van der Waals surface area contributed by atoms with Crippen LogP contribution in [0.3, 0.4) is 0 Å². The zero-order valence-electron chi connectivity index (χ0n) is 22.8. The van der Waals surface area contributed by atoms with Crippen LogP contribution in [0.15, 0.2) is 42.5 Å². The van der Waals surface area contributed by atoms with Crippen molar-refractivity contribution in [3.05, 3.63) is 48.2 Å². The average molecular weight is 571 g/mol. The highest BCUT2D eigenvalue weighted by Gasteiger charge is 2.31. The summed E-state index contributed by atoms with van der Waals surface area (Å²) in [6.45, 7) is 3.75. The van der Waals surface area contributed by atoms with Gasteiger partial charge in [-0.3, -0.25) is 14.4 Å². The molecule has 2 N–H and O–H groups in total. The molecular formula is C28H34N4O9. The highest BCUT2D eigenvalue weighted by Crippen LogP contribution is 2.25. The number of hydrogen-bond acceptors (Lipinski definition) is 10. The summed E-state index contributed by atoms with van der Waals surface area (Å²) in [7, 11) is 0. The number of nitrogens with one attached hydrogen (secondary N) is 1. The first kappa shape index (κ1) is 29.7. The average Bonchev–Trinajstić information content (AvgIpc) is 3.48. The fraction of sp³-hybridized carbons (Fsp3) is 0.464. The number of aromatic nitrogens is 1. The van der Waals surface area contributed by atoms with Crippen molar-refractivity contribution in [2.45, 2.75) is 38.3 Å². The van der Waals surface area contributed by atoms with Crippen LogP contribution in [0.2, 0.25) is 0 Å². The summed E-state index contributed by atoms with van der Waals surface area (Å²) >= 11 is 0. The molecule has 2 saturated heterocycles. The fourth-order valence-electron chi connectivity index (χ4n) is 4.47. The second kappa shape index (κ2) is 14.4. The number of hydrogen-bond donors (Lipinski definition) is 2. The molecule has 0 spiro atoms. The Morgan fingerprint density at radius 1 is 1.12 bits per heavy atom. The monoisotopic (exact) mass is 570 g/mol. The van der Waals surface area contributed by atoms with E-state index >= 15 is 0 Å². The van der Waals surface area contributed by atoms with E-state index in [2.05, 4.69) is 10.3 Å². The van der Waals surface area contributed by atoms with Crippen LogP contribution in [0.1, 0.15) is 36.7 Å². The lowest BCUT2D eigenvalue weighted by Gasteiger charge is -2.35. The number of hydroxylamine groups is 2. The van der Waals surface area contributed by atoms with Gasteiger partial charge in [0.15, 0.2) is 0 Å². The molecule has 0 bridgehead atoms. The van der Waals surface area contributed by atoms with Gasteiger partial charge in [0.05, 0.1) is 38.6 Å². The number of benzene rings is 1. The van der Waals surface area contributed by atoms with E-state index in [1.54, 1.807) is 13.0 Å². The summed E-state index contributed by atoms with van der Waals surface area (Å²) in [5.41, 5.74) is 1.32. The number of ether oxygens (including phenoxy) is 3. The third-order valence-electron chi connectivity index (χ3n) is 6.56. The maximum Gasteiger partial charge on any atom is 0.527 e.